The molecule has 0 aliphatic carbocycles. The lowest BCUT2D eigenvalue weighted by molar-refractivity contribution is -0.159. The second kappa shape index (κ2) is 71.9. The van der Waals surface area contributed by atoms with Gasteiger partial charge in [-0.2, -0.15) is 0 Å². The minimum Gasteiger partial charge on any atom is -0.463 e. The first-order valence-corrected chi connectivity index (χ1v) is 38.8. The van der Waals surface area contributed by atoms with E-state index in [0.29, 0.717) is 0 Å². The largest absolute Gasteiger partial charge is 0.463 e. The highest BCUT2D eigenvalue weighted by molar-refractivity contribution is 5.81. The fourth-order valence-corrected chi connectivity index (χ4v) is 10.6. The Bertz CT molecular complexity index is 2280. The van der Waals surface area contributed by atoms with E-state index in [1.54, 1.807) is 62.3 Å². The molecule has 0 aromatic heterocycles. The molecule has 0 aliphatic heterocycles. The number of aliphatic hydroxyl groups is 7. The summed E-state index contributed by atoms with van der Waals surface area (Å²) in [6.45, 7) is 13.8. The van der Waals surface area contributed by atoms with Gasteiger partial charge in [-0.15, -0.1) is 0 Å². The number of aliphatic hydroxyl groups excluding tert-OH is 7. The van der Waals surface area contributed by atoms with Gasteiger partial charge in [-0.1, -0.05) is 13.8 Å². The maximum atomic E-state index is 15.2. The summed E-state index contributed by atoms with van der Waals surface area (Å²) in [5.41, 5.74) is 0. The minimum atomic E-state index is -1.54. The van der Waals surface area contributed by atoms with Gasteiger partial charge in [0.15, 0.2) is 0 Å². The molecule has 36 nitrogen and oxygen atoms in total. The maximum Gasteiger partial charge on any atom is 0.309 e. The molecule has 0 rings (SSSR count). The van der Waals surface area contributed by atoms with Crippen molar-refractivity contribution in [2.45, 2.75) is 163 Å². The molecule has 0 bridgehead atoms. The monoisotopic (exact) mass is 1610 g/mol. The van der Waals surface area contributed by atoms with Gasteiger partial charge in [0.25, 0.3) is 0 Å². The standard InChI is InChI=1S/C75H138O36/c1-11-63(70(84)105-34-27-97-55(3)46-90-19-12-76)41-65(72(86)107-36-29-99-57(5)48-92-21-14-78)43-67(74(88)109-38-31-101-59(7)50-94-23-16-80)45-68(75(89)110-39-32-102-60(8)51-95-24-17-81)44-66(73(87)108-37-30-100-58(6)49-93-22-15-79)42-64(71(85)106-35-28-98-56(4)47-91-20-13-77)40-54(2)69(83)104-33-26-103-62(10)53-111-61(9)52-96-25-18-82/h54-68,76-82H,11-53H2,1-10H3. The van der Waals surface area contributed by atoms with Crippen LogP contribution in [0.2, 0.25) is 0 Å². The molecule has 111 heavy (non-hydrogen) atoms. The van der Waals surface area contributed by atoms with Gasteiger partial charge < -0.3 is 140 Å². The summed E-state index contributed by atoms with van der Waals surface area (Å²) in [7, 11) is 0. The van der Waals surface area contributed by atoms with E-state index in [2.05, 4.69) is 0 Å². The molecule has 0 radical (unpaired) electrons. The predicted octanol–water partition coefficient (Wildman–Crippen LogP) is 1.18. The average Bonchev–Trinajstić information content (AvgIpc) is 0.842. The topological polar surface area (TPSA) is 464 Å². The van der Waals surface area contributed by atoms with Crippen LogP contribution in [-0.4, -0.2) is 364 Å². The number of carbonyl (C=O) groups excluding carboxylic acids is 7. The number of esters is 7. The molecular weight excluding hydrogens is 1480 g/mol. The van der Waals surface area contributed by atoms with Gasteiger partial charge in [0.1, 0.15) is 46.2 Å². The highest BCUT2D eigenvalue weighted by atomic mass is 16.6. The Balaban J connectivity index is 8.32. The van der Waals surface area contributed by atoms with Crippen LogP contribution in [0.5, 0.6) is 0 Å². The Labute approximate surface area is 655 Å². The predicted molar refractivity (Wildman–Crippen MR) is 393 cm³/mol. The molecule has 0 spiro atoms. The number of hydrogen-bond acceptors (Lipinski definition) is 36. The molecular formula is C75H138O36. The Hall–Kier alpha value is -4.59. The lowest BCUT2D eigenvalue weighted by Crippen LogP contribution is -2.36. The minimum absolute atomic E-state index is 0.0304. The van der Waals surface area contributed by atoms with E-state index < -0.39 is 158 Å². The first kappa shape index (κ1) is 106. The fourth-order valence-electron chi connectivity index (χ4n) is 10.6. The van der Waals surface area contributed by atoms with Crippen LogP contribution in [0.25, 0.3) is 0 Å². The lowest BCUT2D eigenvalue weighted by atomic mass is 9.78. The van der Waals surface area contributed by atoms with Crippen LogP contribution >= 0.6 is 0 Å². The third-order valence-electron chi connectivity index (χ3n) is 16.2. The summed E-state index contributed by atoms with van der Waals surface area (Å²) in [4.78, 5) is 103. The van der Waals surface area contributed by atoms with Crippen molar-refractivity contribution >= 4 is 41.8 Å². The van der Waals surface area contributed by atoms with Crippen molar-refractivity contribution in [3.8, 4) is 0 Å². The van der Waals surface area contributed by atoms with Gasteiger partial charge in [-0.3, -0.25) is 33.6 Å². The quantitative estimate of drug-likeness (QED) is 0.0255. The zero-order valence-corrected chi connectivity index (χ0v) is 67.5. The second-order valence-corrected chi connectivity index (χ2v) is 26.6. The molecule has 0 aromatic carbocycles. The van der Waals surface area contributed by atoms with Gasteiger partial charge in [0.2, 0.25) is 0 Å². The number of hydrogen-bond donors (Lipinski definition) is 7. The van der Waals surface area contributed by atoms with Crippen molar-refractivity contribution in [3.05, 3.63) is 0 Å². The third kappa shape index (κ3) is 58.8. The summed E-state index contributed by atoms with van der Waals surface area (Å²) in [6.07, 6.45) is -6.33. The zero-order valence-electron chi connectivity index (χ0n) is 67.5. The van der Waals surface area contributed by atoms with Gasteiger partial charge in [-0.25, -0.2) is 0 Å². The second-order valence-electron chi connectivity index (χ2n) is 26.6. The van der Waals surface area contributed by atoms with Gasteiger partial charge in [0.05, 0.1) is 282 Å². The molecule has 7 N–H and O–H groups in total. The van der Waals surface area contributed by atoms with Crippen molar-refractivity contribution in [1.29, 1.82) is 0 Å². The first-order valence-electron chi connectivity index (χ1n) is 38.8. The van der Waals surface area contributed by atoms with E-state index in [4.69, 9.17) is 114 Å². The molecule has 0 amide bonds. The van der Waals surface area contributed by atoms with Crippen LogP contribution in [0, 0.1) is 41.4 Å². The molecule has 654 valence electrons. The summed E-state index contributed by atoms with van der Waals surface area (Å²) in [5, 5.41) is 64.5. The van der Waals surface area contributed by atoms with Crippen molar-refractivity contribution in [2.24, 2.45) is 41.4 Å². The van der Waals surface area contributed by atoms with E-state index in [0.717, 1.165) is 0 Å². The van der Waals surface area contributed by atoms with Gasteiger partial charge >= 0.3 is 41.8 Å². The van der Waals surface area contributed by atoms with Crippen molar-refractivity contribution < 1.29 is 174 Å². The number of rotatable bonds is 79. The molecule has 15 unspecified atom stereocenters. The smallest absolute Gasteiger partial charge is 0.309 e. The van der Waals surface area contributed by atoms with Crippen LogP contribution in [0.1, 0.15) is 114 Å². The fraction of sp³-hybridized carbons (Fsp3) is 0.907. The van der Waals surface area contributed by atoms with Crippen LogP contribution in [0.3, 0.4) is 0 Å². The molecule has 0 aromatic rings. The van der Waals surface area contributed by atoms with E-state index in [-0.39, 0.29) is 257 Å². The lowest BCUT2D eigenvalue weighted by Gasteiger charge is -2.29. The summed E-state index contributed by atoms with van der Waals surface area (Å²) < 4.78 is 125. The molecule has 0 fully saturated rings. The SMILES string of the molecule is CCC(CC(CC(CC(CC(CC(CC(C)C(=O)OCCOC(C)COC(C)COCCO)C(=O)OCCOC(C)COCCO)C(=O)OCCOC(C)COCCO)C(=O)OCCOC(C)COCCO)C(=O)OCCOC(C)COCCO)C(=O)OCCOC(C)COCCO)C(=O)OCCOC(C)COCCO. The number of ether oxygens (including phenoxy) is 22. The van der Waals surface area contributed by atoms with E-state index in [1.807, 2.05) is 0 Å². The van der Waals surface area contributed by atoms with Crippen LogP contribution in [-0.2, 0) is 138 Å². The third-order valence-corrected chi connectivity index (χ3v) is 16.2. The molecule has 15 atom stereocenters. The summed E-state index contributed by atoms with van der Waals surface area (Å²) in [5.74, 6) is -15.5. The molecule has 0 saturated carbocycles. The normalized spacial score (nSPS) is 15.8. The van der Waals surface area contributed by atoms with Crippen LogP contribution < -0.4 is 0 Å². The molecule has 0 aliphatic rings. The van der Waals surface area contributed by atoms with E-state index in [9.17, 15) is 44.7 Å². The van der Waals surface area contributed by atoms with Crippen LogP contribution in [0.15, 0.2) is 0 Å². The molecule has 36 heteroatoms. The maximum absolute atomic E-state index is 15.2. The van der Waals surface area contributed by atoms with Crippen molar-refractivity contribution in [2.75, 3.05) is 238 Å². The van der Waals surface area contributed by atoms with Crippen LogP contribution in [0.4, 0.5) is 0 Å². The van der Waals surface area contributed by atoms with Gasteiger partial charge in [0, 0.05) is 0 Å². The Morgan fingerprint density at radius 2 is 0.378 bits per heavy atom. The Kier molecular flexibility index (Phi) is 68.9. The van der Waals surface area contributed by atoms with E-state index in [1.165, 1.54) is 6.92 Å². The van der Waals surface area contributed by atoms with Gasteiger partial charge in [-0.05, 0) is 100 Å². The molecule has 0 saturated heterocycles. The Morgan fingerprint density at radius 3 is 0.586 bits per heavy atom. The highest BCUT2D eigenvalue weighted by Crippen LogP contribution is 2.35. The van der Waals surface area contributed by atoms with Crippen molar-refractivity contribution in [3.63, 3.8) is 0 Å². The molecule has 0 heterocycles. The summed E-state index contributed by atoms with van der Waals surface area (Å²) >= 11 is 0. The van der Waals surface area contributed by atoms with E-state index >= 15 is 14.4 Å². The summed E-state index contributed by atoms with van der Waals surface area (Å²) in [6, 6.07) is 0. The average molecular weight is 1620 g/mol. The zero-order chi connectivity index (χ0) is 82.7. The van der Waals surface area contributed by atoms with Crippen molar-refractivity contribution in [1.82, 2.24) is 0 Å². The first-order chi connectivity index (χ1) is 53.4. The highest BCUT2D eigenvalue weighted by Gasteiger charge is 2.41. The Morgan fingerprint density at radius 1 is 0.207 bits per heavy atom. The number of carbonyl (C=O) groups is 7.